The number of hydrogen-bond donors (Lipinski definition) is 1. The summed E-state index contributed by atoms with van der Waals surface area (Å²) in [7, 11) is 1.28. The minimum atomic E-state index is -1.32. The SMILES string of the molecule is COC(=O)c1cc(-c2ccc(C(=O)O)c(F)c2)cs1. The van der Waals surface area contributed by atoms with Gasteiger partial charge in [-0.05, 0) is 34.7 Å². The molecule has 1 aromatic heterocycles. The number of esters is 1. The van der Waals surface area contributed by atoms with Crippen LogP contribution in [-0.4, -0.2) is 24.2 Å². The maximum absolute atomic E-state index is 13.5. The van der Waals surface area contributed by atoms with Gasteiger partial charge in [-0.1, -0.05) is 6.07 Å². The molecule has 0 aliphatic carbocycles. The summed E-state index contributed by atoms with van der Waals surface area (Å²) in [6, 6.07) is 5.40. The largest absolute Gasteiger partial charge is 0.478 e. The van der Waals surface area contributed by atoms with Crippen molar-refractivity contribution in [2.24, 2.45) is 0 Å². The fourth-order valence-corrected chi connectivity index (χ4v) is 2.40. The van der Waals surface area contributed by atoms with E-state index in [0.29, 0.717) is 16.0 Å². The molecule has 2 rings (SSSR count). The van der Waals surface area contributed by atoms with Crippen molar-refractivity contribution in [1.29, 1.82) is 0 Å². The average molecular weight is 280 g/mol. The van der Waals surface area contributed by atoms with E-state index in [9.17, 15) is 14.0 Å². The molecule has 0 bridgehead atoms. The molecule has 0 aliphatic heterocycles. The summed E-state index contributed by atoms with van der Waals surface area (Å²) >= 11 is 1.18. The van der Waals surface area contributed by atoms with Crippen LogP contribution in [-0.2, 0) is 4.74 Å². The van der Waals surface area contributed by atoms with Crippen LogP contribution in [0.15, 0.2) is 29.6 Å². The first-order chi connectivity index (χ1) is 9.02. The molecule has 6 heteroatoms. The van der Waals surface area contributed by atoms with Gasteiger partial charge in [-0.25, -0.2) is 14.0 Å². The molecule has 1 heterocycles. The fourth-order valence-electron chi connectivity index (χ4n) is 1.56. The van der Waals surface area contributed by atoms with Gasteiger partial charge in [0.25, 0.3) is 0 Å². The van der Waals surface area contributed by atoms with Crippen LogP contribution < -0.4 is 0 Å². The number of carbonyl (C=O) groups excluding carboxylic acids is 1. The van der Waals surface area contributed by atoms with E-state index in [0.717, 1.165) is 6.07 Å². The maximum atomic E-state index is 13.5. The van der Waals surface area contributed by atoms with E-state index < -0.39 is 17.8 Å². The monoisotopic (exact) mass is 280 g/mol. The third-order valence-electron chi connectivity index (χ3n) is 2.52. The lowest BCUT2D eigenvalue weighted by molar-refractivity contribution is 0.0605. The quantitative estimate of drug-likeness (QED) is 0.878. The molecule has 0 saturated carbocycles. The summed E-state index contributed by atoms with van der Waals surface area (Å²) in [5, 5.41) is 10.4. The number of thiophene rings is 1. The van der Waals surface area contributed by atoms with Crippen LogP contribution in [0.5, 0.6) is 0 Å². The standard InChI is InChI=1S/C13H9FO4S/c1-18-13(17)11-5-8(6-19-11)7-2-3-9(12(15)16)10(14)4-7/h2-6H,1H3,(H,15,16). The Hall–Kier alpha value is -2.21. The van der Waals surface area contributed by atoms with Gasteiger partial charge in [0.15, 0.2) is 0 Å². The lowest BCUT2D eigenvalue weighted by Crippen LogP contribution is -2.00. The van der Waals surface area contributed by atoms with E-state index >= 15 is 0 Å². The number of methoxy groups -OCH3 is 1. The van der Waals surface area contributed by atoms with Crippen LogP contribution in [0.25, 0.3) is 11.1 Å². The van der Waals surface area contributed by atoms with Crippen molar-refractivity contribution in [2.45, 2.75) is 0 Å². The molecule has 4 nitrogen and oxygen atoms in total. The van der Waals surface area contributed by atoms with Crippen LogP contribution in [0.1, 0.15) is 20.0 Å². The Labute approximate surface area is 112 Å². The highest BCUT2D eigenvalue weighted by atomic mass is 32.1. The van der Waals surface area contributed by atoms with Crippen molar-refractivity contribution < 1.29 is 23.8 Å². The van der Waals surface area contributed by atoms with Crippen LogP contribution in [0.4, 0.5) is 4.39 Å². The van der Waals surface area contributed by atoms with Gasteiger partial charge < -0.3 is 9.84 Å². The Bertz CT molecular complexity index is 648. The Morgan fingerprint density at radius 1 is 1.26 bits per heavy atom. The molecular weight excluding hydrogens is 271 g/mol. The van der Waals surface area contributed by atoms with Crippen molar-refractivity contribution >= 4 is 23.3 Å². The molecule has 1 N–H and O–H groups in total. The van der Waals surface area contributed by atoms with Gasteiger partial charge in [0.2, 0.25) is 0 Å². The molecule has 0 saturated heterocycles. The van der Waals surface area contributed by atoms with Gasteiger partial charge in [-0.3, -0.25) is 0 Å². The summed E-state index contributed by atoms with van der Waals surface area (Å²) < 4.78 is 18.1. The number of hydrogen-bond acceptors (Lipinski definition) is 4. The number of halogens is 1. The van der Waals surface area contributed by atoms with Crippen LogP contribution >= 0.6 is 11.3 Å². The van der Waals surface area contributed by atoms with Crippen LogP contribution in [0.3, 0.4) is 0 Å². The zero-order valence-corrected chi connectivity index (χ0v) is 10.7. The molecule has 1 aromatic carbocycles. The number of ether oxygens (including phenoxy) is 1. The van der Waals surface area contributed by atoms with Gasteiger partial charge in [0, 0.05) is 0 Å². The number of benzene rings is 1. The fraction of sp³-hybridized carbons (Fsp3) is 0.0769. The second-order valence-corrected chi connectivity index (χ2v) is 4.60. The third kappa shape index (κ3) is 2.63. The van der Waals surface area contributed by atoms with E-state index in [1.807, 2.05) is 0 Å². The molecule has 0 amide bonds. The third-order valence-corrected chi connectivity index (χ3v) is 3.43. The Kier molecular flexibility index (Phi) is 3.62. The minimum absolute atomic E-state index is 0.382. The van der Waals surface area contributed by atoms with E-state index in [4.69, 9.17) is 5.11 Å². The predicted octanol–water partition coefficient (Wildman–Crippen LogP) is 3.04. The first-order valence-electron chi connectivity index (χ1n) is 5.23. The summed E-state index contributed by atoms with van der Waals surface area (Å²) in [4.78, 5) is 22.4. The second kappa shape index (κ2) is 5.19. The molecule has 0 radical (unpaired) electrons. The van der Waals surface area contributed by atoms with Gasteiger partial charge in [0.1, 0.15) is 10.7 Å². The Morgan fingerprint density at radius 2 is 2.00 bits per heavy atom. The summed E-state index contributed by atoms with van der Waals surface area (Å²) in [6.07, 6.45) is 0. The predicted molar refractivity (Wildman–Crippen MR) is 68.0 cm³/mol. The first kappa shape index (κ1) is 13.2. The minimum Gasteiger partial charge on any atom is -0.478 e. The zero-order valence-electron chi connectivity index (χ0n) is 9.84. The molecular formula is C13H9FO4S. The number of carboxylic acid groups (broad SMARTS) is 1. The molecule has 0 unspecified atom stereocenters. The van der Waals surface area contributed by atoms with Gasteiger partial charge in [0.05, 0.1) is 12.7 Å². The zero-order chi connectivity index (χ0) is 14.0. The highest BCUT2D eigenvalue weighted by molar-refractivity contribution is 7.12. The van der Waals surface area contributed by atoms with E-state index in [2.05, 4.69) is 4.74 Å². The topological polar surface area (TPSA) is 63.6 Å². The molecule has 98 valence electrons. The molecule has 0 fully saturated rings. The van der Waals surface area contributed by atoms with Crippen molar-refractivity contribution in [1.82, 2.24) is 0 Å². The summed E-state index contributed by atoms with van der Waals surface area (Å²) in [5.74, 6) is -2.58. The number of carboxylic acids is 1. The number of carbonyl (C=O) groups is 2. The van der Waals surface area contributed by atoms with Crippen molar-refractivity contribution in [3.63, 3.8) is 0 Å². The van der Waals surface area contributed by atoms with Crippen molar-refractivity contribution in [3.05, 3.63) is 45.9 Å². The molecule has 0 spiro atoms. The molecule has 0 aliphatic rings. The van der Waals surface area contributed by atoms with Crippen LogP contribution in [0.2, 0.25) is 0 Å². The van der Waals surface area contributed by atoms with E-state index in [1.54, 1.807) is 11.4 Å². The van der Waals surface area contributed by atoms with E-state index in [1.165, 1.54) is 30.6 Å². The lowest BCUT2D eigenvalue weighted by Gasteiger charge is -2.01. The lowest BCUT2D eigenvalue weighted by atomic mass is 10.1. The van der Waals surface area contributed by atoms with Gasteiger partial charge >= 0.3 is 11.9 Å². The van der Waals surface area contributed by atoms with Crippen molar-refractivity contribution in [3.8, 4) is 11.1 Å². The smallest absolute Gasteiger partial charge is 0.348 e. The average Bonchev–Trinajstić information content (AvgIpc) is 2.86. The van der Waals surface area contributed by atoms with Crippen molar-refractivity contribution in [2.75, 3.05) is 7.11 Å². The van der Waals surface area contributed by atoms with Gasteiger partial charge in [-0.15, -0.1) is 11.3 Å². The maximum Gasteiger partial charge on any atom is 0.348 e. The number of aromatic carboxylic acids is 1. The highest BCUT2D eigenvalue weighted by Gasteiger charge is 2.13. The molecule has 2 aromatic rings. The highest BCUT2D eigenvalue weighted by Crippen LogP contribution is 2.27. The normalized spacial score (nSPS) is 10.2. The van der Waals surface area contributed by atoms with E-state index in [-0.39, 0.29) is 5.56 Å². The first-order valence-corrected chi connectivity index (χ1v) is 6.11. The Balaban J connectivity index is 2.37. The second-order valence-electron chi connectivity index (χ2n) is 3.69. The molecule has 19 heavy (non-hydrogen) atoms. The number of rotatable bonds is 3. The van der Waals surface area contributed by atoms with Gasteiger partial charge in [-0.2, -0.15) is 0 Å². The summed E-state index contributed by atoms with van der Waals surface area (Å²) in [6.45, 7) is 0. The van der Waals surface area contributed by atoms with Crippen LogP contribution in [0, 0.1) is 5.82 Å². The Morgan fingerprint density at radius 3 is 2.58 bits per heavy atom. The molecule has 0 atom stereocenters. The summed E-state index contributed by atoms with van der Waals surface area (Å²) in [5.41, 5.74) is 0.766.